The summed E-state index contributed by atoms with van der Waals surface area (Å²) in [6, 6.07) is 15.5. The van der Waals surface area contributed by atoms with Crippen molar-refractivity contribution < 1.29 is 14.4 Å². The summed E-state index contributed by atoms with van der Waals surface area (Å²) in [7, 11) is 1.76. The molecule has 0 radical (unpaired) electrons. The number of nitrogens with one attached hydrogen (secondary N) is 1. The topological polar surface area (TPSA) is 63.2 Å². The Morgan fingerprint density at radius 1 is 1.08 bits per heavy atom. The minimum Gasteiger partial charge on any atom is -0.387 e. The maximum absolute atomic E-state index is 10.4. The zero-order chi connectivity index (χ0) is 18.4. The first-order valence-electron chi connectivity index (χ1n) is 7.41. The van der Waals surface area contributed by atoms with E-state index in [1.54, 1.807) is 26.1 Å². The number of halogens is 1. The highest BCUT2D eigenvalue weighted by atomic mass is 35.5. The van der Waals surface area contributed by atoms with Crippen LogP contribution in [-0.2, 0) is 9.59 Å². The lowest BCUT2D eigenvalue weighted by Gasteiger charge is -2.03. The van der Waals surface area contributed by atoms with Gasteiger partial charge in [0, 0.05) is 19.0 Å². The minimum atomic E-state index is -0.338. The zero-order valence-electron chi connectivity index (χ0n) is 14.1. The van der Waals surface area contributed by atoms with Crippen LogP contribution >= 0.6 is 11.6 Å². The van der Waals surface area contributed by atoms with Crippen LogP contribution in [0, 0.1) is 6.92 Å². The van der Waals surface area contributed by atoms with E-state index >= 15 is 0 Å². The third kappa shape index (κ3) is 8.86. The van der Waals surface area contributed by atoms with E-state index < -0.39 is 0 Å². The molecule has 0 amide bonds. The predicted octanol–water partition coefficient (Wildman–Crippen LogP) is 4.35. The lowest BCUT2D eigenvalue weighted by Crippen LogP contribution is -1.92. The smallest absolute Gasteiger partial charge is 0.194 e. The molecule has 2 rings (SSSR count). The molecule has 0 aliphatic heterocycles. The Balaban J connectivity index is 0.000000353. The molecule has 0 spiro atoms. The molecule has 128 valence electrons. The average molecular weight is 348 g/mol. The van der Waals surface area contributed by atoms with Crippen LogP contribution in [0.5, 0.6) is 0 Å². The quantitative estimate of drug-likeness (QED) is 0.659. The fourth-order valence-electron chi connectivity index (χ4n) is 1.45. The summed E-state index contributed by atoms with van der Waals surface area (Å²) in [5, 5.41) is 3.36. The van der Waals surface area contributed by atoms with Crippen molar-refractivity contribution >= 4 is 35.6 Å². The molecule has 4 nitrogen and oxygen atoms in total. The molecule has 0 bridgehead atoms. The summed E-state index contributed by atoms with van der Waals surface area (Å²) < 4.78 is 0. The average Bonchev–Trinajstić information content (AvgIpc) is 2.63. The third-order valence-electron chi connectivity index (χ3n) is 2.85. The van der Waals surface area contributed by atoms with Crippen LogP contribution in [0.3, 0.4) is 0 Å². The highest BCUT2D eigenvalue weighted by Gasteiger charge is 2.01. The first kappa shape index (κ1) is 21.5. The molecule has 0 unspecified atom stereocenters. The van der Waals surface area contributed by atoms with Gasteiger partial charge in [-0.2, -0.15) is 0 Å². The molecule has 0 atom stereocenters. The van der Waals surface area contributed by atoms with Gasteiger partial charge < -0.3 is 5.32 Å². The van der Waals surface area contributed by atoms with Gasteiger partial charge in [0.05, 0.1) is 10.7 Å². The largest absolute Gasteiger partial charge is 0.387 e. The molecule has 0 aromatic heterocycles. The van der Waals surface area contributed by atoms with Gasteiger partial charge in [0.1, 0.15) is 0 Å². The highest BCUT2D eigenvalue weighted by molar-refractivity contribution is 6.35. The number of carbonyl (C=O) groups excluding carboxylic acids is 3. The Morgan fingerprint density at radius 2 is 1.71 bits per heavy atom. The molecule has 0 fully saturated rings. The van der Waals surface area contributed by atoms with E-state index in [9.17, 15) is 14.4 Å². The van der Waals surface area contributed by atoms with Gasteiger partial charge in [0.2, 0.25) is 0 Å². The Morgan fingerprint density at radius 3 is 2.04 bits per heavy atom. The lowest BCUT2D eigenvalue weighted by atomic mass is 10.2. The summed E-state index contributed by atoms with van der Waals surface area (Å²) in [6.45, 7) is 3.73. The molecular formula is C19H22ClNO3. The number of benzene rings is 2. The number of carbonyl (C=O) groups is 3. The predicted molar refractivity (Wildman–Crippen MR) is 98.9 cm³/mol. The first-order chi connectivity index (χ1) is 11.5. The molecule has 5 heteroatoms. The number of hydrogen-bond acceptors (Lipinski definition) is 4. The van der Waals surface area contributed by atoms with Crippen molar-refractivity contribution in [1.29, 1.82) is 0 Å². The van der Waals surface area contributed by atoms with E-state index in [1.165, 1.54) is 5.56 Å². The molecule has 0 aliphatic rings. The Hall–Kier alpha value is -2.46. The van der Waals surface area contributed by atoms with Crippen LogP contribution in [0.25, 0.3) is 0 Å². The molecule has 2 aromatic rings. The monoisotopic (exact) mass is 347 g/mol. The normalized spacial score (nSPS) is 8.67. The number of anilines is 1. The second-order valence-electron chi connectivity index (χ2n) is 4.67. The molecule has 24 heavy (non-hydrogen) atoms. The van der Waals surface area contributed by atoms with E-state index in [2.05, 4.69) is 24.4 Å². The summed E-state index contributed by atoms with van der Waals surface area (Å²) in [5.74, 6) is -0.338. The van der Waals surface area contributed by atoms with E-state index in [1.807, 2.05) is 24.3 Å². The van der Waals surface area contributed by atoms with Crippen molar-refractivity contribution in [1.82, 2.24) is 0 Å². The van der Waals surface area contributed by atoms with Crippen molar-refractivity contribution in [2.75, 3.05) is 12.4 Å². The Bertz CT molecular complexity index is 642. The second kappa shape index (κ2) is 13.0. The van der Waals surface area contributed by atoms with Gasteiger partial charge in [0.25, 0.3) is 0 Å². The fourth-order valence-corrected chi connectivity index (χ4v) is 1.72. The third-order valence-corrected chi connectivity index (χ3v) is 3.27. The van der Waals surface area contributed by atoms with Crippen molar-refractivity contribution in [3.63, 3.8) is 0 Å². The van der Waals surface area contributed by atoms with E-state index in [0.29, 0.717) is 23.3 Å². The van der Waals surface area contributed by atoms with Crippen molar-refractivity contribution in [2.45, 2.75) is 20.3 Å². The summed E-state index contributed by atoms with van der Waals surface area (Å²) in [5.41, 5.74) is 2.61. The van der Waals surface area contributed by atoms with E-state index in [-0.39, 0.29) is 5.78 Å². The summed E-state index contributed by atoms with van der Waals surface area (Å²) in [6.07, 6.45) is 1.40. The molecule has 0 saturated carbocycles. The number of aldehydes is 2. The zero-order valence-corrected chi connectivity index (χ0v) is 14.8. The highest BCUT2D eigenvalue weighted by Crippen LogP contribution is 2.23. The number of aryl methyl sites for hydroxylation is 1. The summed E-state index contributed by atoms with van der Waals surface area (Å²) >= 11 is 5.82. The molecule has 2 aromatic carbocycles. The molecule has 0 saturated heterocycles. The van der Waals surface area contributed by atoms with Crippen molar-refractivity contribution in [3.05, 3.63) is 64.7 Å². The van der Waals surface area contributed by atoms with Gasteiger partial charge in [-0.05, 0) is 13.0 Å². The Labute approximate surface area is 147 Å². The van der Waals surface area contributed by atoms with Gasteiger partial charge in [-0.1, -0.05) is 66.6 Å². The van der Waals surface area contributed by atoms with E-state index in [0.717, 1.165) is 12.0 Å². The van der Waals surface area contributed by atoms with Crippen molar-refractivity contribution in [3.8, 4) is 0 Å². The van der Waals surface area contributed by atoms with Gasteiger partial charge >= 0.3 is 0 Å². The number of Topliss-reactive ketones (excluding diaryl/α,β-unsaturated/α-hetero) is 1. The van der Waals surface area contributed by atoms with Crippen LogP contribution in [-0.4, -0.2) is 25.4 Å². The van der Waals surface area contributed by atoms with Gasteiger partial charge in [-0.25, -0.2) is 0 Å². The fraction of sp³-hybridized carbons (Fsp3) is 0.211. The van der Waals surface area contributed by atoms with Gasteiger partial charge in [-0.3, -0.25) is 14.4 Å². The number of rotatable bonds is 4. The van der Waals surface area contributed by atoms with E-state index in [4.69, 9.17) is 11.6 Å². The van der Waals surface area contributed by atoms with Crippen LogP contribution in [0.2, 0.25) is 5.02 Å². The molecular weight excluding hydrogens is 326 g/mol. The van der Waals surface area contributed by atoms with Crippen LogP contribution in [0.15, 0.2) is 48.5 Å². The lowest BCUT2D eigenvalue weighted by molar-refractivity contribution is -0.129. The standard InChI is InChI=1S/C8H8ClNO.C7H8.C4H6O2/c1-10-7-4-2-3-6(5-11)8(7)9;1-7-5-3-2-4-6-7;1-2-4(6)3-5/h2-5,10H,1H3;2-6H,1H3;3H,2H2,1H3. The van der Waals surface area contributed by atoms with Crippen LogP contribution in [0.4, 0.5) is 5.69 Å². The van der Waals surface area contributed by atoms with Gasteiger partial charge in [-0.15, -0.1) is 0 Å². The maximum atomic E-state index is 10.4. The molecule has 0 aliphatic carbocycles. The SMILES string of the molecule is CCC(=O)C=O.CNc1cccc(C=O)c1Cl.Cc1ccccc1. The van der Waals surface area contributed by atoms with Crippen LogP contribution in [0.1, 0.15) is 29.3 Å². The second-order valence-corrected chi connectivity index (χ2v) is 5.05. The maximum Gasteiger partial charge on any atom is 0.194 e. The number of ketones is 1. The molecule has 1 N–H and O–H groups in total. The Kier molecular flexibility index (Phi) is 11.7. The summed E-state index contributed by atoms with van der Waals surface area (Å²) in [4.78, 5) is 29.6. The molecule has 0 heterocycles. The van der Waals surface area contributed by atoms with Crippen LogP contribution < -0.4 is 5.32 Å². The first-order valence-corrected chi connectivity index (χ1v) is 7.79. The van der Waals surface area contributed by atoms with Crippen molar-refractivity contribution in [2.24, 2.45) is 0 Å². The minimum absolute atomic E-state index is 0.323. The van der Waals surface area contributed by atoms with Gasteiger partial charge in [0.15, 0.2) is 18.4 Å². The number of hydrogen-bond donors (Lipinski definition) is 1.